The molecule has 0 aromatic carbocycles. The summed E-state index contributed by atoms with van der Waals surface area (Å²) >= 11 is 0. The van der Waals surface area contributed by atoms with Gasteiger partial charge in [-0.15, -0.1) is 0 Å². The van der Waals surface area contributed by atoms with Crippen molar-refractivity contribution in [2.75, 3.05) is 32.7 Å². The standard InChI is InChI=1S/C24H26N6O5/c1-15(2)30-23-17(13-25-30)16(12-18(26-23)19-4-3-11-35-19)24(34)28-9-7-27(8-10-28)22(33)14-29-20(31)5-6-21(29)32/h3-4,11-13,15H,5-10,14H2,1-2H3. The molecule has 0 atom stereocenters. The number of fused-ring (bicyclic) bond motifs is 1. The van der Waals surface area contributed by atoms with Crippen LogP contribution in [0.5, 0.6) is 0 Å². The van der Waals surface area contributed by atoms with Crippen molar-refractivity contribution in [2.45, 2.75) is 32.7 Å². The number of hydrogen-bond acceptors (Lipinski definition) is 7. The van der Waals surface area contributed by atoms with Gasteiger partial charge < -0.3 is 14.2 Å². The summed E-state index contributed by atoms with van der Waals surface area (Å²) in [5.74, 6) is -0.531. The van der Waals surface area contributed by atoms with E-state index >= 15 is 0 Å². The molecule has 2 aliphatic heterocycles. The summed E-state index contributed by atoms with van der Waals surface area (Å²) in [6.07, 6.45) is 3.53. The Morgan fingerprint density at radius 1 is 1.06 bits per heavy atom. The van der Waals surface area contributed by atoms with Crippen molar-refractivity contribution in [1.29, 1.82) is 0 Å². The summed E-state index contributed by atoms with van der Waals surface area (Å²) in [5, 5.41) is 5.10. The molecule has 2 saturated heterocycles. The first-order chi connectivity index (χ1) is 16.8. The van der Waals surface area contributed by atoms with Crippen molar-refractivity contribution in [3.8, 4) is 11.5 Å². The highest BCUT2D eigenvalue weighted by molar-refractivity contribution is 6.07. The Bertz CT molecular complexity index is 1290. The Morgan fingerprint density at radius 2 is 1.74 bits per heavy atom. The third-order valence-corrected chi connectivity index (χ3v) is 6.43. The Hall–Kier alpha value is -4.02. The molecule has 0 unspecified atom stereocenters. The van der Waals surface area contributed by atoms with Crippen LogP contribution in [0.4, 0.5) is 0 Å². The van der Waals surface area contributed by atoms with E-state index in [2.05, 4.69) is 5.10 Å². The van der Waals surface area contributed by atoms with Gasteiger partial charge in [-0.3, -0.25) is 24.1 Å². The maximum atomic E-state index is 13.6. The van der Waals surface area contributed by atoms with Gasteiger partial charge in [0.05, 0.1) is 23.4 Å². The predicted octanol–water partition coefficient (Wildman–Crippen LogP) is 1.71. The van der Waals surface area contributed by atoms with E-state index in [9.17, 15) is 19.2 Å². The summed E-state index contributed by atoms with van der Waals surface area (Å²) in [5.41, 5.74) is 1.62. The van der Waals surface area contributed by atoms with Crippen LogP contribution in [0.3, 0.4) is 0 Å². The summed E-state index contributed by atoms with van der Waals surface area (Å²) in [7, 11) is 0. The number of carbonyl (C=O) groups is 4. The molecule has 0 bridgehead atoms. The third-order valence-electron chi connectivity index (χ3n) is 6.43. The number of pyridine rings is 1. The molecule has 0 N–H and O–H groups in total. The molecule has 0 radical (unpaired) electrons. The highest BCUT2D eigenvalue weighted by Crippen LogP contribution is 2.28. The molecule has 35 heavy (non-hydrogen) atoms. The first kappa shape index (κ1) is 22.8. The van der Waals surface area contributed by atoms with Crippen LogP contribution in [-0.4, -0.2) is 85.8 Å². The SMILES string of the molecule is CC(C)n1ncc2c(C(=O)N3CCN(C(=O)CN4C(=O)CCC4=O)CC3)cc(-c3ccco3)nc21. The fourth-order valence-corrected chi connectivity index (χ4v) is 4.49. The number of furan rings is 1. The summed E-state index contributed by atoms with van der Waals surface area (Å²) < 4.78 is 7.30. The smallest absolute Gasteiger partial charge is 0.254 e. The Balaban J connectivity index is 1.35. The Kier molecular flexibility index (Phi) is 5.83. The lowest BCUT2D eigenvalue weighted by Gasteiger charge is -2.35. The van der Waals surface area contributed by atoms with Crippen LogP contribution < -0.4 is 0 Å². The van der Waals surface area contributed by atoms with Gasteiger partial charge in [-0.1, -0.05) is 0 Å². The van der Waals surface area contributed by atoms with E-state index in [1.165, 1.54) is 0 Å². The molecule has 3 aromatic rings. The van der Waals surface area contributed by atoms with Gasteiger partial charge in [0, 0.05) is 45.1 Å². The first-order valence-corrected chi connectivity index (χ1v) is 11.7. The lowest BCUT2D eigenvalue weighted by molar-refractivity contribution is -0.146. The fourth-order valence-electron chi connectivity index (χ4n) is 4.49. The normalized spacial score (nSPS) is 16.7. The number of piperazine rings is 1. The topological polar surface area (TPSA) is 122 Å². The van der Waals surface area contributed by atoms with Crippen LogP contribution in [0, 0.1) is 0 Å². The molecule has 182 valence electrons. The van der Waals surface area contributed by atoms with Crippen LogP contribution in [0.2, 0.25) is 0 Å². The minimum absolute atomic E-state index is 0.0544. The lowest BCUT2D eigenvalue weighted by Crippen LogP contribution is -2.53. The molecular formula is C24H26N6O5. The maximum absolute atomic E-state index is 13.6. The number of imide groups is 1. The molecule has 3 aromatic heterocycles. The highest BCUT2D eigenvalue weighted by Gasteiger charge is 2.33. The third kappa shape index (κ3) is 4.17. The van der Waals surface area contributed by atoms with Crippen molar-refractivity contribution in [1.82, 2.24) is 29.5 Å². The predicted molar refractivity (Wildman–Crippen MR) is 124 cm³/mol. The molecule has 5 heterocycles. The minimum Gasteiger partial charge on any atom is -0.463 e. The van der Waals surface area contributed by atoms with Crippen LogP contribution >= 0.6 is 0 Å². The quantitative estimate of drug-likeness (QED) is 0.512. The number of aromatic nitrogens is 3. The van der Waals surface area contributed by atoms with Crippen LogP contribution in [0.15, 0.2) is 35.1 Å². The van der Waals surface area contributed by atoms with E-state index in [0.717, 1.165) is 4.90 Å². The molecular weight excluding hydrogens is 452 g/mol. The summed E-state index contributed by atoms with van der Waals surface area (Å²) in [6.45, 7) is 5.08. The number of amides is 4. The zero-order chi connectivity index (χ0) is 24.7. The molecule has 0 spiro atoms. The molecule has 5 rings (SSSR count). The number of carbonyl (C=O) groups excluding carboxylic acids is 4. The zero-order valence-corrected chi connectivity index (χ0v) is 19.6. The number of likely N-dealkylation sites (tertiary alicyclic amines) is 1. The van der Waals surface area contributed by atoms with Crippen LogP contribution in [0.25, 0.3) is 22.5 Å². The van der Waals surface area contributed by atoms with Crippen molar-refractivity contribution >= 4 is 34.7 Å². The van der Waals surface area contributed by atoms with Gasteiger partial charge in [0.2, 0.25) is 17.7 Å². The van der Waals surface area contributed by atoms with E-state index in [1.54, 1.807) is 45.1 Å². The van der Waals surface area contributed by atoms with Gasteiger partial charge >= 0.3 is 0 Å². The van der Waals surface area contributed by atoms with Gasteiger partial charge in [0.25, 0.3) is 5.91 Å². The zero-order valence-electron chi connectivity index (χ0n) is 19.6. The van der Waals surface area contributed by atoms with Gasteiger partial charge in [-0.25, -0.2) is 9.67 Å². The number of rotatable bonds is 5. The van der Waals surface area contributed by atoms with Crippen molar-refractivity contribution < 1.29 is 23.6 Å². The Labute approximate surface area is 201 Å². The van der Waals surface area contributed by atoms with E-state index in [0.29, 0.717) is 54.2 Å². The Morgan fingerprint density at radius 3 is 2.37 bits per heavy atom. The summed E-state index contributed by atoms with van der Waals surface area (Å²) in [4.78, 5) is 58.9. The van der Waals surface area contributed by atoms with Crippen molar-refractivity contribution in [3.05, 3.63) is 36.2 Å². The van der Waals surface area contributed by atoms with Gasteiger partial charge in [0.1, 0.15) is 12.2 Å². The van der Waals surface area contributed by atoms with Gasteiger partial charge in [0.15, 0.2) is 11.4 Å². The largest absolute Gasteiger partial charge is 0.463 e. The monoisotopic (exact) mass is 478 g/mol. The van der Waals surface area contributed by atoms with E-state index < -0.39 is 0 Å². The average molecular weight is 479 g/mol. The van der Waals surface area contributed by atoms with Gasteiger partial charge in [-0.05, 0) is 32.0 Å². The molecule has 0 aliphatic carbocycles. The van der Waals surface area contributed by atoms with Crippen LogP contribution in [-0.2, 0) is 14.4 Å². The first-order valence-electron chi connectivity index (χ1n) is 11.7. The van der Waals surface area contributed by atoms with E-state index in [1.807, 2.05) is 13.8 Å². The second-order valence-electron chi connectivity index (χ2n) is 9.00. The number of nitrogens with zero attached hydrogens (tertiary/aromatic N) is 6. The molecule has 0 saturated carbocycles. The second kappa shape index (κ2) is 8.97. The molecule has 11 nitrogen and oxygen atoms in total. The molecule has 2 fully saturated rings. The van der Waals surface area contributed by atoms with E-state index in [4.69, 9.17) is 9.40 Å². The fraction of sp³-hybridized carbons (Fsp3) is 0.417. The number of hydrogen-bond donors (Lipinski definition) is 0. The van der Waals surface area contributed by atoms with Crippen molar-refractivity contribution in [2.24, 2.45) is 0 Å². The van der Waals surface area contributed by atoms with Crippen LogP contribution in [0.1, 0.15) is 43.1 Å². The second-order valence-corrected chi connectivity index (χ2v) is 9.00. The lowest BCUT2D eigenvalue weighted by atomic mass is 10.1. The van der Waals surface area contributed by atoms with Crippen molar-refractivity contribution in [3.63, 3.8) is 0 Å². The van der Waals surface area contributed by atoms with E-state index in [-0.39, 0.29) is 49.1 Å². The van der Waals surface area contributed by atoms with Gasteiger partial charge in [-0.2, -0.15) is 5.10 Å². The average Bonchev–Trinajstić information content (AvgIpc) is 3.60. The summed E-state index contributed by atoms with van der Waals surface area (Å²) in [6, 6.07) is 5.33. The molecule has 4 amide bonds. The highest BCUT2D eigenvalue weighted by atomic mass is 16.3. The molecule has 2 aliphatic rings. The maximum Gasteiger partial charge on any atom is 0.254 e. The minimum atomic E-state index is -0.312. The molecule has 11 heteroatoms.